The van der Waals surface area contributed by atoms with Crippen molar-refractivity contribution in [1.29, 1.82) is 0 Å². The van der Waals surface area contributed by atoms with E-state index in [0.29, 0.717) is 12.0 Å². The molecule has 0 aliphatic heterocycles. The predicted molar refractivity (Wildman–Crippen MR) is 105 cm³/mol. The topological polar surface area (TPSA) is 39.1 Å². The quantitative estimate of drug-likeness (QED) is 0.760. The first kappa shape index (κ1) is 19.8. The van der Waals surface area contributed by atoms with Crippen molar-refractivity contribution in [2.24, 2.45) is 5.92 Å². The summed E-state index contributed by atoms with van der Waals surface area (Å²) in [7, 11) is 1.95. The van der Waals surface area contributed by atoms with Gasteiger partial charge in [0.25, 0.3) is 0 Å². The molecule has 1 saturated carbocycles. The van der Waals surface area contributed by atoms with Crippen LogP contribution in [0.5, 0.6) is 11.6 Å². The maximum absolute atomic E-state index is 6.18. The monoisotopic (exact) mass is 363 g/mol. The minimum atomic E-state index is 0. The Hall–Kier alpha value is -1.52. The van der Waals surface area contributed by atoms with E-state index < -0.39 is 0 Å². The number of nitrogens with zero attached hydrogens (tertiary/aromatic N) is 2. The van der Waals surface area contributed by atoms with Gasteiger partial charge in [-0.3, -0.25) is 0 Å². The second kappa shape index (κ2) is 9.25. The Labute approximate surface area is 157 Å². The minimum Gasteiger partial charge on any atom is -0.439 e. The van der Waals surface area contributed by atoms with Gasteiger partial charge in [-0.05, 0) is 51.8 Å². The lowest BCUT2D eigenvalue weighted by atomic mass is 9.85. The second-order valence-electron chi connectivity index (χ2n) is 7.00. The van der Waals surface area contributed by atoms with Crippen LogP contribution in [-0.2, 0) is 6.54 Å². The van der Waals surface area contributed by atoms with Gasteiger partial charge >= 0.3 is 0 Å². The summed E-state index contributed by atoms with van der Waals surface area (Å²) in [5, 5.41) is 8.00. The largest absolute Gasteiger partial charge is 0.439 e. The third-order valence-corrected chi connectivity index (χ3v) is 5.07. The highest BCUT2D eigenvalue weighted by atomic mass is 35.5. The first-order valence-corrected chi connectivity index (χ1v) is 9.15. The number of ether oxygens (including phenoxy) is 1. The van der Waals surface area contributed by atoms with E-state index in [1.807, 2.05) is 19.2 Å². The first-order chi connectivity index (χ1) is 11.7. The fourth-order valence-corrected chi connectivity index (χ4v) is 3.60. The molecule has 0 bridgehead atoms. The molecular formula is C20H30ClN3O. The van der Waals surface area contributed by atoms with Crippen molar-refractivity contribution in [3.05, 3.63) is 41.6 Å². The van der Waals surface area contributed by atoms with Gasteiger partial charge in [-0.25, -0.2) is 4.68 Å². The highest BCUT2D eigenvalue weighted by Crippen LogP contribution is 2.35. The number of nitrogens with one attached hydrogen (secondary N) is 1. The summed E-state index contributed by atoms with van der Waals surface area (Å²) in [5.74, 6) is 2.41. The van der Waals surface area contributed by atoms with E-state index in [9.17, 15) is 0 Å². The van der Waals surface area contributed by atoms with Gasteiger partial charge in [0.15, 0.2) is 0 Å². The summed E-state index contributed by atoms with van der Waals surface area (Å²) in [4.78, 5) is 0. The summed E-state index contributed by atoms with van der Waals surface area (Å²) >= 11 is 0. The van der Waals surface area contributed by atoms with Crippen LogP contribution >= 0.6 is 12.4 Å². The lowest BCUT2D eigenvalue weighted by Gasteiger charge is -2.28. The van der Waals surface area contributed by atoms with Crippen molar-refractivity contribution < 1.29 is 4.74 Å². The number of aromatic nitrogens is 2. The lowest BCUT2D eigenvalue weighted by Crippen LogP contribution is -2.21. The maximum Gasteiger partial charge on any atom is 0.218 e. The minimum absolute atomic E-state index is 0. The highest BCUT2D eigenvalue weighted by Gasteiger charge is 2.25. The average molecular weight is 364 g/mol. The Kier molecular flexibility index (Phi) is 7.33. The Morgan fingerprint density at radius 1 is 1.20 bits per heavy atom. The Morgan fingerprint density at radius 2 is 1.88 bits per heavy atom. The molecule has 25 heavy (non-hydrogen) atoms. The maximum atomic E-state index is 6.18. The van der Waals surface area contributed by atoms with Crippen LogP contribution in [0.2, 0.25) is 0 Å². The summed E-state index contributed by atoms with van der Waals surface area (Å²) < 4.78 is 8.28. The predicted octanol–water partition coefficient (Wildman–Crippen LogP) is 5.27. The third kappa shape index (κ3) is 4.99. The van der Waals surface area contributed by atoms with Crippen LogP contribution in [0, 0.1) is 12.8 Å². The van der Waals surface area contributed by atoms with Gasteiger partial charge in [-0.2, -0.15) is 5.10 Å². The zero-order valence-corrected chi connectivity index (χ0v) is 16.3. The first-order valence-electron chi connectivity index (χ1n) is 9.15. The molecule has 1 atom stereocenters. The van der Waals surface area contributed by atoms with E-state index in [1.165, 1.54) is 37.7 Å². The molecule has 1 fully saturated rings. The van der Waals surface area contributed by atoms with Gasteiger partial charge in [0.05, 0.1) is 11.7 Å². The lowest BCUT2D eigenvalue weighted by molar-refractivity contribution is 0.234. The van der Waals surface area contributed by atoms with Gasteiger partial charge in [0.2, 0.25) is 5.88 Å². The summed E-state index contributed by atoms with van der Waals surface area (Å²) in [5.41, 5.74) is 2.27. The molecule has 1 aliphatic carbocycles. The molecule has 5 heteroatoms. The highest BCUT2D eigenvalue weighted by molar-refractivity contribution is 5.85. The van der Waals surface area contributed by atoms with Crippen LogP contribution in [0.25, 0.3) is 0 Å². The molecule has 1 heterocycles. The molecule has 0 radical (unpaired) electrons. The van der Waals surface area contributed by atoms with Gasteiger partial charge in [0.1, 0.15) is 5.75 Å². The SMILES string of the molecule is CNCc1cc(Oc2ccc(C)cc2)n(C(C)C2CCCCC2)n1.Cl. The second-order valence-corrected chi connectivity index (χ2v) is 7.00. The summed E-state index contributed by atoms with van der Waals surface area (Å²) in [6, 6.07) is 10.6. The van der Waals surface area contributed by atoms with E-state index in [-0.39, 0.29) is 12.4 Å². The normalized spacial score (nSPS) is 16.3. The molecule has 0 spiro atoms. The fraction of sp³-hybridized carbons (Fsp3) is 0.550. The van der Waals surface area contributed by atoms with Crippen LogP contribution in [0.1, 0.15) is 56.3 Å². The van der Waals surface area contributed by atoms with Gasteiger partial charge in [-0.1, -0.05) is 37.0 Å². The van der Waals surface area contributed by atoms with Crippen LogP contribution in [0.3, 0.4) is 0 Å². The molecule has 2 aromatic rings. The van der Waals surface area contributed by atoms with E-state index in [0.717, 1.165) is 23.9 Å². The van der Waals surface area contributed by atoms with Crippen molar-refractivity contribution >= 4 is 12.4 Å². The fourth-order valence-electron chi connectivity index (χ4n) is 3.60. The molecule has 138 valence electrons. The number of hydrogen-bond acceptors (Lipinski definition) is 3. The standard InChI is InChI=1S/C20H29N3O.ClH/c1-15-9-11-19(12-10-15)24-20-13-18(14-21-3)22-23(20)16(2)17-7-5-4-6-8-17;/h9-13,16-17,21H,4-8,14H2,1-3H3;1H. The number of aryl methyl sites for hydroxylation is 1. The molecule has 1 aromatic heterocycles. The molecule has 4 nitrogen and oxygen atoms in total. The van der Waals surface area contributed by atoms with Gasteiger partial charge in [-0.15, -0.1) is 12.4 Å². The van der Waals surface area contributed by atoms with Crippen molar-refractivity contribution in [2.75, 3.05) is 7.05 Å². The Bertz CT molecular complexity index is 647. The smallest absolute Gasteiger partial charge is 0.218 e. The van der Waals surface area contributed by atoms with Crippen LogP contribution in [0.4, 0.5) is 0 Å². The van der Waals surface area contributed by atoms with Gasteiger partial charge < -0.3 is 10.1 Å². The third-order valence-electron chi connectivity index (χ3n) is 5.07. The van der Waals surface area contributed by atoms with Crippen LogP contribution in [-0.4, -0.2) is 16.8 Å². The van der Waals surface area contributed by atoms with E-state index >= 15 is 0 Å². The number of halogens is 1. The molecule has 0 saturated heterocycles. The van der Waals surface area contributed by atoms with E-state index in [2.05, 4.69) is 42.0 Å². The van der Waals surface area contributed by atoms with Crippen LogP contribution in [0.15, 0.2) is 30.3 Å². The van der Waals surface area contributed by atoms with E-state index in [4.69, 9.17) is 9.84 Å². The van der Waals surface area contributed by atoms with E-state index in [1.54, 1.807) is 0 Å². The Balaban J connectivity index is 0.00000225. The molecule has 1 aliphatic rings. The average Bonchev–Trinajstić information content (AvgIpc) is 3.00. The Morgan fingerprint density at radius 3 is 2.52 bits per heavy atom. The molecule has 0 amide bonds. The summed E-state index contributed by atoms with van der Waals surface area (Å²) in [6.45, 7) is 5.13. The zero-order chi connectivity index (χ0) is 16.9. The van der Waals surface area contributed by atoms with Crippen molar-refractivity contribution in [2.45, 2.75) is 58.5 Å². The van der Waals surface area contributed by atoms with Gasteiger partial charge in [0, 0.05) is 12.6 Å². The molecule has 1 unspecified atom stereocenters. The molecule has 1 N–H and O–H groups in total. The number of rotatable bonds is 6. The van der Waals surface area contributed by atoms with Crippen LogP contribution < -0.4 is 10.1 Å². The van der Waals surface area contributed by atoms with Crippen molar-refractivity contribution in [3.63, 3.8) is 0 Å². The van der Waals surface area contributed by atoms with Crippen molar-refractivity contribution in [1.82, 2.24) is 15.1 Å². The molecular weight excluding hydrogens is 334 g/mol. The number of benzene rings is 1. The van der Waals surface area contributed by atoms with Crippen molar-refractivity contribution in [3.8, 4) is 11.6 Å². The zero-order valence-electron chi connectivity index (χ0n) is 15.5. The molecule has 3 rings (SSSR count). The molecule has 1 aromatic carbocycles. The number of hydrogen-bond donors (Lipinski definition) is 1. The summed E-state index contributed by atoms with van der Waals surface area (Å²) in [6.07, 6.45) is 6.65.